The van der Waals surface area contributed by atoms with Gasteiger partial charge in [0.2, 0.25) is 0 Å². The largest absolute Gasteiger partial charge is 0.477 e. The first kappa shape index (κ1) is 66.1. The monoisotopic (exact) mass is 1320 g/mol. The van der Waals surface area contributed by atoms with Crippen molar-refractivity contribution >= 4 is 101 Å². The van der Waals surface area contributed by atoms with Gasteiger partial charge in [0.25, 0.3) is 17.7 Å². The fourth-order valence-electron chi connectivity index (χ4n) is 9.87. The van der Waals surface area contributed by atoms with E-state index in [9.17, 15) is 19.2 Å². The lowest BCUT2D eigenvalue weighted by Crippen LogP contribution is -2.30. The SMILES string of the molecule is CCc1nc2c(cnn2CC)c(NC2CCOCC2)c1CNC(=O)c1cccc(C(=O)NCc2ccc(C)c(Br)c2)n1.CCc1nc2c(cnn2CC)c(NC2CCOCC2)c1CNC(=O)c1cccc(C(=O)O)n1.Cc1ccc(CN)cc1Br.Cl. The smallest absolute Gasteiger partial charge is 0.354 e. The van der Waals surface area contributed by atoms with Crippen LogP contribution in [-0.2, 0) is 61.6 Å². The summed E-state index contributed by atoms with van der Waals surface area (Å²) in [4.78, 5) is 68.2. The van der Waals surface area contributed by atoms with Crippen molar-refractivity contribution in [2.75, 3.05) is 37.1 Å². The molecule has 0 saturated carbocycles. The van der Waals surface area contributed by atoms with E-state index in [1.165, 1.54) is 23.8 Å². The zero-order valence-electron chi connectivity index (χ0n) is 49.3. The summed E-state index contributed by atoms with van der Waals surface area (Å²) >= 11 is 6.95. The number of carbonyl (C=O) groups is 4. The average molecular weight is 1320 g/mol. The number of halogens is 3. The van der Waals surface area contributed by atoms with Crippen LogP contribution in [0.4, 0.5) is 11.4 Å². The lowest BCUT2D eigenvalue weighted by Gasteiger charge is -2.26. The maximum atomic E-state index is 13.3. The number of nitrogens with two attached hydrogens (primary N) is 1. The van der Waals surface area contributed by atoms with Crippen molar-refractivity contribution in [3.63, 3.8) is 0 Å². The normalized spacial score (nSPS) is 13.4. The number of anilines is 2. The Hall–Kier alpha value is -7.41. The number of ether oxygens (including phenoxy) is 2. The number of hydrogen-bond donors (Lipinski definition) is 7. The molecule has 8 aromatic rings. The molecule has 0 aliphatic carbocycles. The second kappa shape index (κ2) is 31.8. The predicted octanol–water partition coefficient (Wildman–Crippen LogP) is 10.2. The van der Waals surface area contributed by atoms with E-state index in [-0.39, 0.29) is 72.2 Å². The van der Waals surface area contributed by atoms with Crippen LogP contribution in [0.1, 0.15) is 140 Å². The number of carboxylic acids is 1. The first-order chi connectivity index (χ1) is 41.1. The van der Waals surface area contributed by atoms with Crippen LogP contribution in [0.25, 0.3) is 22.1 Å². The Kier molecular flexibility index (Phi) is 24.5. The van der Waals surface area contributed by atoms with Gasteiger partial charge >= 0.3 is 5.97 Å². The number of aromatic carboxylic acids is 1. The van der Waals surface area contributed by atoms with Gasteiger partial charge in [-0.05, 0) is 125 Å². The molecule has 8 N–H and O–H groups in total. The van der Waals surface area contributed by atoms with Crippen LogP contribution < -0.4 is 32.3 Å². The minimum Gasteiger partial charge on any atom is -0.477 e. The number of benzene rings is 2. The first-order valence-electron chi connectivity index (χ1n) is 28.8. The van der Waals surface area contributed by atoms with Crippen molar-refractivity contribution in [2.45, 2.75) is 131 Å². The van der Waals surface area contributed by atoms with E-state index in [2.05, 4.69) is 105 Å². The highest BCUT2D eigenvalue weighted by Crippen LogP contribution is 2.33. The van der Waals surface area contributed by atoms with Crippen LogP contribution in [0.15, 0.2) is 94.1 Å². The number of rotatable bonds is 19. The Balaban J connectivity index is 0.000000213. The number of amides is 3. The number of hydrogen-bond acceptors (Lipinski definition) is 15. The van der Waals surface area contributed by atoms with E-state index in [1.54, 1.807) is 18.2 Å². The maximum Gasteiger partial charge on any atom is 0.354 e. The van der Waals surface area contributed by atoms with Gasteiger partial charge in [-0.15, -0.1) is 12.4 Å². The summed E-state index contributed by atoms with van der Waals surface area (Å²) in [5, 5.41) is 36.2. The Morgan fingerprint density at radius 2 is 0.977 bits per heavy atom. The van der Waals surface area contributed by atoms with Gasteiger partial charge in [0.15, 0.2) is 11.3 Å². The summed E-state index contributed by atoms with van der Waals surface area (Å²) in [5.74, 6) is -2.33. The number of aryl methyl sites for hydroxylation is 6. The highest BCUT2D eigenvalue weighted by atomic mass is 79.9. The Bertz CT molecular complexity index is 3660. The molecule has 0 unspecified atom stereocenters. The third-order valence-corrected chi connectivity index (χ3v) is 16.5. The van der Waals surface area contributed by atoms with E-state index in [4.69, 9.17) is 30.3 Å². The number of nitrogens with zero attached hydrogens (tertiary/aromatic N) is 8. The number of pyridine rings is 4. The van der Waals surface area contributed by atoms with Gasteiger partial charge in [-0.3, -0.25) is 14.4 Å². The van der Waals surface area contributed by atoms with Crippen LogP contribution in [-0.4, -0.2) is 107 Å². The molecule has 2 aromatic carbocycles. The summed E-state index contributed by atoms with van der Waals surface area (Å²) in [7, 11) is 0. The zero-order chi connectivity index (χ0) is 60.6. The lowest BCUT2D eigenvalue weighted by molar-refractivity contribution is 0.0689. The second-order valence-corrected chi connectivity index (χ2v) is 22.2. The number of carboxylic acid groups (broad SMARTS) is 1. The molecule has 456 valence electrons. The molecule has 8 heterocycles. The molecule has 86 heavy (non-hydrogen) atoms. The van der Waals surface area contributed by atoms with Crippen molar-refractivity contribution in [1.29, 1.82) is 0 Å². The Morgan fingerprint density at radius 3 is 1.37 bits per heavy atom. The van der Waals surface area contributed by atoms with Gasteiger partial charge < -0.3 is 46.9 Å². The molecule has 10 rings (SSSR count). The summed E-state index contributed by atoms with van der Waals surface area (Å²) < 4.78 is 16.9. The van der Waals surface area contributed by atoms with Crippen molar-refractivity contribution in [2.24, 2.45) is 5.73 Å². The summed E-state index contributed by atoms with van der Waals surface area (Å²) in [6.45, 7) is 17.9. The Labute approximate surface area is 523 Å². The number of fused-ring (bicyclic) bond motifs is 2. The van der Waals surface area contributed by atoms with E-state index in [0.717, 1.165) is 107 Å². The number of aromatic nitrogens is 8. The van der Waals surface area contributed by atoms with Crippen LogP contribution in [0.5, 0.6) is 0 Å². The number of nitrogens with one attached hydrogen (secondary N) is 5. The summed E-state index contributed by atoms with van der Waals surface area (Å²) in [6.07, 6.45) is 8.64. The molecule has 21 nitrogen and oxygen atoms in total. The third kappa shape index (κ3) is 16.8. The minimum atomic E-state index is -1.18. The summed E-state index contributed by atoms with van der Waals surface area (Å²) in [6, 6.07) is 21.8. The Morgan fingerprint density at radius 1 is 0.581 bits per heavy atom. The molecule has 6 aromatic heterocycles. The molecule has 0 radical (unpaired) electrons. The molecule has 2 saturated heterocycles. The molecule has 2 aliphatic rings. The van der Waals surface area contributed by atoms with Crippen molar-refractivity contribution in [3.8, 4) is 0 Å². The molecular formula is C62H75Br2ClN14O7. The van der Waals surface area contributed by atoms with E-state index >= 15 is 0 Å². The van der Waals surface area contributed by atoms with Crippen molar-refractivity contribution in [1.82, 2.24) is 55.4 Å². The van der Waals surface area contributed by atoms with E-state index in [0.29, 0.717) is 65.4 Å². The average Bonchev–Trinajstić information content (AvgIpc) is 1.96. The van der Waals surface area contributed by atoms with Gasteiger partial charge in [-0.2, -0.15) is 10.2 Å². The van der Waals surface area contributed by atoms with Gasteiger partial charge in [0.1, 0.15) is 22.8 Å². The van der Waals surface area contributed by atoms with Crippen LogP contribution in [0, 0.1) is 13.8 Å². The minimum absolute atomic E-state index is 0. The topological polar surface area (TPSA) is 280 Å². The van der Waals surface area contributed by atoms with E-state index < -0.39 is 11.9 Å². The van der Waals surface area contributed by atoms with Gasteiger partial charge in [0.05, 0.1) is 34.5 Å². The van der Waals surface area contributed by atoms with Gasteiger partial charge in [-0.25, -0.2) is 34.1 Å². The van der Waals surface area contributed by atoms with Gasteiger partial charge in [-0.1, -0.05) is 82.1 Å². The summed E-state index contributed by atoms with van der Waals surface area (Å²) in [5.41, 5.74) is 17.3. The van der Waals surface area contributed by atoms with Crippen LogP contribution >= 0.6 is 44.3 Å². The standard InChI is InChI=1S/C31H36BrN7O3.C23H28N6O4.C8H10BrN.ClH/c1-4-25-22(28(36-21-11-13-42-14-12-21)23-18-35-39(5-2)29(23)38-25)17-34-31(41)27-8-6-7-26(37-27)30(40)33-16-20-10-9-19(3)24(32)15-20;1-3-17-15(12-24-22(30)18-6-5-7-19(27-18)23(31)32)20(26-14-8-10-33-11-9-14)16-13-25-29(4-2)21(16)28-17;1-6-2-3-7(5-10)4-8(6)9;/h6-10,15,18,21H,4-5,11-14,16-17H2,1-3H3,(H,33,40)(H,34,41)(H,36,38);5-7,13-14H,3-4,8-12H2,1-2H3,(H,24,30)(H,26,28)(H,31,32);2-4H,5,10H2,1H3;1H. The molecule has 2 fully saturated rings. The predicted molar refractivity (Wildman–Crippen MR) is 342 cm³/mol. The molecule has 24 heteroatoms. The third-order valence-electron chi connectivity index (χ3n) is 14.8. The lowest BCUT2D eigenvalue weighted by atomic mass is 10.0. The van der Waals surface area contributed by atoms with Crippen molar-refractivity contribution < 1.29 is 33.8 Å². The van der Waals surface area contributed by atoms with Crippen LogP contribution in [0.2, 0.25) is 0 Å². The molecular weight excluding hydrogens is 1250 g/mol. The molecule has 0 spiro atoms. The second-order valence-electron chi connectivity index (χ2n) is 20.5. The fraction of sp³-hybridized carbons (Fsp3) is 0.387. The highest BCUT2D eigenvalue weighted by molar-refractivity contribution is 9.10. The molecule has 3 amide bonds. The quantitative estimate of drug-likeness (QED) is 0.0396. The number of carbonyl (C=O) groups excluding carboxylic acids is 3. The molecule has 2 aliphatic heterocycles. The fourth-order valence-corrected chi connectivity index (χ4v) is 10.7. The zero-order valence-corrected chi connectivity index (χ0v) is 53.3. The highest BCUT2D eigenvalue weighted by Gasteiger charge is 2.25. The maximum absolute atomic E-state index is 13.3. The van der Waals surface area contributed by atoms with E-state index in [1.807, 2.05) is 73.7 Å². The molecule has 0 bridgehead atoms. The molecule has 0 atom stereocenters. The van der Waals surface area contributed by atoms with Crippen molar-refractivity contribution in [3.05, 3.63) is 162 Å². The first-order valence-corrected chi connectivity index (χ1v) is 30.4. The van der Waals surface area contributed by atoms with Gasteiger partial charge in [0, 0.05) is 109 Å². The van der Waals surface area contributed by atoms with Crippen LogP contribution in [0.3, 0.4) is 0 Å².